The van der Waals surface area contributed by atoms with E-state index in [1.807, 2.05) is 60.7 Å². The fraction of sp³-hybridized carbons (Fsp3) is 0.143. The first kappa shape index (κ1) is 14.2. The monoisotopic (exact) mass is 248 g/mol. The molecule has 2 aromatic carbocycles. The first-order valence-corrected chi connectivity index (χ1v) is 5.52. The summed E-state index contributed by atoms with van der Waals surface area (Å²) in [4.78, 5) is 3.44. The molecule has 0 radical (unpaired) electrons. The van der Waals surface area contributed by atoms with Crippen molar-refractivity contribution in [2.45, 2.75) is 0 Å². The minimum absolute atomic E-state index is 0. The summed E-state index contributed by atoms with van der Waals surface area (Å²) in [6.45, 7) is -0.128. The van der Waals surface area contributed by atoms with Crippen LogP contribution in [0, 0.1) is 0 Å². The molecule has 96 valence electrons. The topological polar surface area (TPSA) is 58.9 Å². The molecule has 0 atom stereocenters. The van der Waals surface area contributed by atoms with Crippen molar-refractivity contribution in [2.75, 3.05) is 13.2 Å². The summed E-state index contributed by atoms with van der Waals surface area (Å²) in [5.74, 6) is 1.74. The first-order valence-electron chi connectivity index (χ1n) is 5.52. The summed E-state index contributed by atoms with van der Waals surface area (Å²) in [6, 6.07) is 19.5. The van der Waals surface area contributed by atoms with E-state index in [0.717, 1.165) is 11.5 Å². The van der Waals surface area contributed by atoms with Crippen LogP contribution in [0.3, 0.4) is 0 Å². The van der Waals surface area contributed by atoms with E-state index in [0.29, 0.717) is 0 Å². The Bertz CT molecular complexity index is 363. The molecular formula is C14H16O4. The lowest BCUT2D eigenvalue weighted by molar-refractivity contribution is -0.246. The molecule has 0 aliphatic rings. The highest BCUT2D eigenvalue weighted by Gasteiger charge is 1.92. The number of ether oxygens (including phenoxy) is 1. The molecule has 0 fully saturated rings. The van der Waals surface area contributed by atoms with Crippen molar-refractivity contribution >= 4 is 0 Å². The predicted octanol–water partition coefficient (Wildman–Crippen LogP) is 2.95. The van der Waals surface area contributed by atoms with Crippen molar-refractivity contribution in [3.05, 3.63) is 60.7 Å². The molecular weight excluding hydrogens is 232 g/mol. The molecule has 4 nitrogen and oxygen atoms in total. The van der Waals surface area contributed by atoms with Crippen LogP contribution in [-0.2, 0) is 4.89 Å². The second-order valence-electron chi connectivity index (χ2n) is 3.28. The smallest absolute Gasteiger partial charge is 0.127 e. The van der Waals surface area contributed by atoms with Crippen LogP contribution in [0.5, 0.6) is 11.5 Å². The highest BCUT2D eigenvalue weighted by atomic mass is 17.1. The summed E-state index contributed by atoms with van der Waals surface area (Å²) in [5, 5.41) is 15.2. The quantitative estimate of drug-likeness (QED) is 0.645. The van der Waals surface area contributed by atoms with E-state index in [1.54, 1.807) is 0 Å². The third-order valence-corrected chi connectivity index (χ3v) is 1.90. The zero-order chi connectivity index (χ0) is 13.1. The van der Waals surface area contributed by atoms with Crippen molar-refractivity contribution in [2.24, 2.45) is 0 Å². The Kier molecular flexibility index (Phi) is 7.23. The van der Waals surface area contributed by atoms with Gasteiger partial charge in [0.25, 0.3) is 0 Å². The van der Waals surface area contributed by atoms with Gasteiger partial charge in [0, 0.05) is 0 Å². The van der Waals surface area contributed by atoms with Crippen LogP contribution < -0.4 is 4.74 Å². The third kappa shape index (κ3) is 6.00. The Morgan fingerprint density at radius 1 is 0.778 bits per heavy atom. The Morgan fingerprint density at radius 3 is 1.50 bits per heavy atom. The molecule has 0 heterocycles. The van der Waals surface area contributed by atoms with Crippen LogP contribution in [0.4, 0.5) is 0 Å². The van der Waals surface area contributed by atoms with Gasteiger partial charge in [-0.15, -0.1) is 0 Å². The van der Waals surface area contributed by atoms with Crippen molar-refractivity contribution in [1.29, 1.82) is 0 Å². The SMILES string of the molecule is OCCOO.c1ccc(Oc2ccccc2)cc1. The maximum atomic E-state index is 7.78. The van der Waals surface area contributed by atoms with Gasteiger partial charge in [-0.05, 0) is 24.3 Å². The average Bonchev–Trinajstić information content (AvgIpc) is 2.43. The van der Waals surface area contributed by atoms with Crippen LogP contribution in [0.1, 0.15) is 0 Å². The normalized spacial score (nSPS) is 9.22. The Morgan fingerprint density at radius 2 is 1.22 bits per heavy atom. The molecule has 0 unspecified atom stereocenters. The summed E-state index contributed by atoms with van der Waals surface area (Å²) in [7, 11) is 0. The second-order valence-corrected chi connectivity index (χ2v) is 3.28. The summed E-state index contributed by atoms with van der Waals surface area (Å²) in [5.41, 5.74) is 0. The Hall–Kier alpha value is -1.88. The maximum absolute atomic E-state index is 7.78. The number of hydrogen-bond acceptors (Lipinski definition) is 4. The van der Waals surface area contributed by atoms with Crippen LogP contribution >= 0.6 is 0 Å². The number of aliphatic hydroxyl groups is 1. The van der Waals surface area contributed by atoms with Gasteiger partial charge in [0.2, 0.25) is 0 Å². The van der Waals surface area contributed by atoms with Gasteiger partial charge in [0.15, 0.2) is 0 Å². The minimum atomic E-state index is -0.128. The van der Waals surface area contributed by atoms with E-state index < -0.39 is 0 Å². The maximum Gasteiger partial charge on any atom is 0.127 e. The molecule has 0 saturated carbocycles. The molecule has 0 amide bonds. The van der Waals surface area contributed by atoms with E-state index in [4.69, 9.17) is 15.1 Å². The lowest BCUT2D eigenvalue weighted by Crippen LogP contribution is -1.92. The van der Waals surface area contributed by atoms with Crippen LogP contribution in [-0.4, -0.2) is 23.6 Å². The molecule has 0 spiro atoms. The lowest BCUT2D eigenvalue weighted by Gasteiger charge is -2.03. The van der Waals surface area contributed by atoms with Gasteiger partial charge >= 0.3 is 0 Å². The number of hydrogen-bond donors (Lipinski definition) is 2. The first-order chi connectivity index (χ1) is 8.86. The van der Waals surface area contributed by atoms with Crippen LogP contribution in [0.2, 0.25) is 0 Å². The zero-order valence-corrected chi connectivity index (χ0v) is 9.90. The molecule has 0 bridgehead atoms. The highest BCUT2D eigenvalue weighted by Crippen LogP contribution is 2.19. The molecule has 2 aromatic rings. The fourth-order valence-electron chi connectivity index (χ4n) is 1.15. The molecule has 0 aromatic heterocycles. The molecule has 0 saturated heterocycles. The number of benzene rings is 2. The van der Waals surface area contributed by atoms with Crippen LogP contribution in [0.25, 0.3) is 0 Å². The number of aliphatic hydroxyl groups excluding tert-OH is 1. The van der Waals surface area contributed by atoms with Crippen molar-refractivity contribution in [3.63, 3.8) is 0 Å². The fourth-order valence-corrected chi connectivity index (χ4v) is 1.15. The Labute approximate surface area is 106 Å². The molecule has 4 heteroatoms. The summed E-state index contributed by atoms with van der Waals surface area (Å²) in [6.07, 6.45) is 0. The van der Waals surface area contributed by atoms with Crippen molar-refractivity contribution in [1.82, 2.24) is 0 Å². The molecule has 18 heavy (non-hydrogen) atoms. The van der Waals surface area contributed by atoms with E-state index >= 15 is 0 Å². The van der Waals surface area contributed by atoms with Gasteiger partial charge in [0.1, 0.15) is 18.1 Å². The van der Waals surface area contributed by atoms with Crippen molar-refractivity contribution < 1.29 is 20.0 Å². The van der Waals surface area contributed by atoms with Gasteiger partial charge in [0.05, 0.1) is 6.61 Å². The second kappa shape index (κ2) is 9.18. The number of rotatable bonds is 4. The van der Waals surface area contributed by atoms with Gasteiger partial charge in [-0.2, -0.15) is 0 Å². The highest BCUT2D eigenvalue weighted by molar-refractivity contribution is 5.30. The molecule has 0 aliphatic heterocycles. The third-order valence-electron chi connectivity index (χ3n) is 1.90. The largest absolute Gasteiger partial charge is 0.457 e. The minimum Gasteiger partial charge on any atom is -0.457 e. The molecule has 0 aliphatic carbocycles. The van der Waals surface area contributed by atoms with Gasteiger partial charge in [-0.25, -0.2) is 4.89 Å². The van der Waals surface area contributed by atoms with Crippen LogP contribution in [0.15, 0.2) is 60.7 Å². The average molecular weight is 248 g/mol. The predicted molar refractivity (Wildman–Crippen MR) is 68.6 cm³/mol. The van der Waals surface area contributed by atoms with Gasteiger partial charge in [-0.1, -0.05) is 36.4 Å². The van der Waals surface area contributed by atoms with Gasteiger partial charge < -0.3 is 9.84 Å². The van der Waals surface area contributed by atoms with E-state index in [2.05, 4.69) is 4.89 Å². The van der Waals surface area contributed by atoms with E-state index in [-0.39, 0.29) is 13.2 Å². The summed E-state index contributed by atoms with van der Waals surface area (Å²) >= 11 is 0. The van der Waals surface area contributed by atoms with E-state index in [9.17, 15) is 0 Å². The van der Waals surface area contributed by atoms with Crippen molar-refractivity contribution in [3.8, 4) is 11.5 Å². The van der Waals surface area contributed by atoms with E-state index in [1.165, 1.54) is 0 Å². The lowest BCUT2D eigenvalue weighted by atomic mass is 10.3. The standard InChI is InChI=1S/C12H10O.C2H6O3/c1-3-7-11(8-4-1)13-12-9-5-2-6-10-12;3-1-2-5-4/h1-10H;3-4H,1-2H2. The zero-order valence-electron chi connectivity index (χ0n) is 9.90. The molecule has 2 N–H and O–H groups in total. The number of para-hydroxylation sites is 2. The van der Waals surface area contributed by atoms with Gasteiger partial charge in [-0.3, -0.25) is 5.26 Å². The molecule has 2 rings (SSSR count). The Balaban J connectivity index is 0.000000280. The summed E-state index contributed by atoms with van der Waals surface area (Å²) < 4.78 is 5.58.